The van der Waals surface area contributed by atoms with Crippen molar-refractivity contribution >= 4 is 11.8 Å². The molecular weight excluding hydrogens is 260 g/mol. The van der Waals surface area contributed by atoms with E-state index in [0.717, 1.165) is 28.0 Å². The van der Waals surface area contributed by atoms with Gasteiger partial charge >= 0.3 is 0 Å². The van der Waals surface area contributed by atoms with Gasteiger partial charge in [0.25, 0.3) is 0 Å². The number of nitriles is 1. The number of benzene rings is 1. The van der Waals surface area contributed by atoms with Gasteiger partial charge < -0.3 is 9.30 Å². The van der Waals surface area contributed by atoms with Gasteiger partial charge in [-0.05, 0) is 24.3 Å². The van der Waals surface area contributed by atoms with E-state index in [1.807, 2.05) is 35.9 Å². The molecule has 5 nitrogen and oxygen atoms in total. The summed E-state index contributed by atoms with van der Waals surface area (Å²) >= 11 is 1.54. The van der Waals surface area contributed by atoms with Crippen LogP contribution in [0.25, 0.3) is 11.4 Å². The summed E-state index contributed by atoms with van der Waals surface area (Å²) in [4.78, 5) is 0. The molecule has 1 aromatic carbocycles. The number of hydrogen-bond acceptors (Lipinski definition) is 5. The molecule has 0 fully saturated rings. The first kappa shape index (κ1) is 13.4. The largest absolute Gasteiger partial charge is 0.497 e. The van der Waals surface area contributed by atoms with E-state index in [1.165, 1.54) is 11.8 Å². The molecule has 0 atom stereocenters. The third kappa shape index (κ3) is 3.06. The van der Waals surface area contributed by atoms with Crippen LogP contribution in [0.1, 0.15) is 6.42 Å². The SMILES string of the molecule is COc1ccc(-c2nnc(SCCC#N)n2C)cc1. The second-order valence-corrected chi connectivity index (χ2v) is 4.91. The Morgan fingerprint density at radius 2 is 2.05 bits per heavy atom. The van der Waals surface area contributed by atoms with Crippen LogP contribution < -0.4 is 4.74 Å². The molecule has 6 heteroatoms. The monoisotopic (exact) mass is 274 g/mol. The van der Waals surface area contributed by atoms with Gasteiger partial charge in [0.15, 0.2) is 11.0 Å². The van der Waals surface area contributed by atoms with Crippen LogP contribution in [0.15, 0.2) is 29.4 Å². The van der Waals surface area contributed by atoms with Crippen molar-refractivity contribution in [3.05, 3.63) is 24.3 Å². The van der Waals surface area contributed by atoms with E-state index in [0.29, 0.717) is 6.42 Å². The fourth-order valence-corrected chi connectivity index (χ4v) is 2.37. The Balaban J connectivity index is 2.18. The average Bonchev–Trinajstić information content (AvgIpc) is 2.81. The van der Waals surface area contributed by atoms with Crippen molar-refractivity contribution in [1.29, 1.82) is 5.26 Å². The van der Waals surface area contributed by atoms with Crippen LogP contribution in [0.2, 0.25) is 0 Å². The molecule has 19 heavy (non-hydrogen) atoms. The molecule has 0 aliphatic heterocycles. The van der Waals surface area contributed by atoms with Crippen LogP contribution >= 0.6 is 11.8 Å². The predicted octanol–water partition coefficient (Wildman–Crippen LogP) is 2.50. The maximum atomic E-state index is 8.53. The molecule has 0 radical (unpaired) electrons. The maximum absolute atomic E-state index is 8.53. The number of ether oxygens (including phenoxy) is 1. The summed E-state index contributed by atoms with van der Waals surface area (Å²) < 4.78 is 7.06. The van der Waals surface area contributed by atoms with E-state index in [-0.39, 0.29) is 0 Å². The van der Waals surface area contributed by atoms with Crippen LogP contribution in [0.4, 0.5) is 0 Å². The second kappa shape index (κ2) is 6.25. The zero-order valence-electron chi connectivity index (χ0n) is 10.8. The normalized spacial score (nSPS) is 10.2. The van der Waals surface area contributed by atoms with Crippen LogP contribution in [0.3, 0.4) is 0 Å². The lowest BCUT2D eigenvalue weighted by molar-refractivity contribution is 0.415. The molecule has 2 aromatic rings. The number of aromatic nitrogens is 3. The fourth-order valence-electron chi connectivity index (χ4n) is 1.62. The van der Waals surface area contributed by atoms with Crippen LogP contribution in [-0.4, -0.2) is 27.6 Å². The van der Waals surface area contributed by atoms with Crippen molar-refractivity contribution in [2.75, 3.05) is 12.9 Å². The van der Waals surface area contributed by atoms with Gasteiger partial charge in [-0.15, -0.1) is 10.2 Å². The third-order valence-corrected chi connectivity index (χ3v) is 3.65. The Bertz CT molecular complexity index is 586. The smallest absolute Gasteiger partial charge is 0.191 e. The molecule has 0 N–H and O–H groups in total. The molecule has 0 amide bonds. The van der Waals surface area contributed by atoms with E-state index in [1.54, 1.807) is 7.11 Å². The van der Waals surface area contributed by atoms with E-state index in [4.69, 9.17) is 10.00 Å². The van der Waals surface area contributed by atoms with Gasteiger partial charge in [0.1, 0.15) is 5.75 Å². The first-order valence-electron chi connectivity index (χ1n) is 5.80. The third-order valence-electron chi connectivity index (χ3n) is 2.63. The first-order valence-corrected chi connectivity index (χ1v) is 6.78. The quantitative estimate of drug-likeness (QED) is 0.619. The summed E-state index contributed by atoms with van der Waals surface area (Å²) in [6.07, 6.45) is 0.509. The topological polar surface area (TPSA) is 63.7 Å². The lowest BCUT2D eigenvalue weighted by atomic mass is 10.2. The molecule has 2 rings (SSSR count). The highest BCUT2D eigenvalue weighted by Crippen LogP contribution is 2.24. The van der Waals surface area contributed by atoms with E-state index in [9.17, 15) is 0 Å². The highest BCUT2D eigenvalue weighted by Gasteiger charge is 2.10. The highest BCUT2D eigenvalue weighted by atomic mass is 32.2. The van der Waals surface area contributed by atoms with Crippen molar-refractivity contribution in [3.8, 4) is 23.2 Å². The van der Waals surface area contributed by atoms with Crippen molar-refractivity contribution in [3.63, 3.8) is 0 Å². The molecule has 1 aromatic heterocycles. The van der Waals surface area contributed by atoms with Gasteiger partial charge in [-0.1, -0.05) is 11.8 Å². The minimum absolute atomic E-state index is 0.509. The molecule has 0 unspecified atom stereocenters. The lowest BCUT2D eigenvalue weighted by Crippen LogP contribution is -1.95. The zero-order chi connectivity index (χ0) is 13.7. The molecule has 1 heterocycles. The number of rotatable bonds is 5. The van der Waals surface area contributed by atoms with Gasteiger partial charge in [-0.2, -0.15) is 5.26 Å². The minimum Gasteiger partial charge on any atom is -0.497 e. The molecule has 0 bridgehead atoms. The standard InChI is InChI=1S/C13H14N4OS/c1-17-12(10-4-6-11(18-2)7-5-10)15-16-13(17)19-9-3-8-14/h4-7H,3,9H2,1-2H3. The van der Waals surface area contributed by atoms with Crippen LogP contribution in [-0.2, 0) is 7.05 Å². The van der Waals surface area contributed by atoms with Gasteiger partial charge in [-0.3, -0.25) is 0 Å². The summed E-state index contributed by atoms with van der Waals surface area (Å²) in [7, 11) is 3.57. The summed E-state index contributed by atoms with van der Waals surface area (Å²) in [6.45, 7) is 0. The average molecular weight is 274 g/mol. The highest BCUT2D eigenvalue weighted by molar-refractivity contribution is 7.99. The van der Waals surface area contributed by atoms with Gasteiger partial charge in [0.2, 0.25) is 0 Å². The van der Waals surface area contributed by atoms with E-state index in [2.05, 4.69) is 16.3 Å². The Kier molecular flexibility index (Phi) is 4.42. The Hall–Kier alpha value is -2.00. The Labute approximate surface area is 116 Å². The summed E-state index contributed by atoms with van der Waals surface area (Å²) in [5.41, 5.74) is 0.989. The number of hydrogen-bond donors (Lipinski definition) is 0. The predicted molar refractivity (Wildman–Crippen MR) is 73.9 cm³/mol. The summed E-state index contributed by atoms with van der Waals surface area (Å²) in [6, 6.07) is 9.81. The second-order valence-electron chi connectivity index (χ2n) is 3.85. The zero-order valence-corrected chi connectivity index (χ0v) is 11.6. The van der Waals surface area contributed by atoms with Gasteiger partial charge in [0.05, 0.1) is 13.2 Å². The molecule has 0 saturated heterocycles. The van der Waals surface area contributed by atoms with Crippen molar-refractivity contribution < 1.29 is 4.74 Å². The summed E-state index contributed by atoms with van der Waals surface area (Å²) in [5.74, 6) is 2.35. The molecule has 0 aliphatic rings. The number of thioether (sulfide) groups is 1. The number of nitrogens with zero attached hydrogens (tertiary/aromatic N) is 4. The molecule has 0 spiro atoms. The maximum Gasteiger partial charge on any atom is 0.191 e. The van der Waals surface area contributed by atoms with Crippen LogP contribution in [0.5, 0.6) is 5.75 Å². The fraction of sp³-hybridized carbons (Fsp3) is 0.308. The summed E-state index contributed by atoms with van der Waals surface area (Å²) in [5, 5.41) is 17.7. The number of methoxy groups -OCH3 is 1. The van der Waals surface area contributed by atoms with Crippen molar-refractivity contribution in [2.24, 2.45) is 7.05 Å². The molecule has 0 saturated carbocycles. The van der Waals surface area contributed by atoms with E-state index >= 15 is 0 Å². The Morgan fingerprint density at radius 3 is 2.68 bits per heavy atom. The first-order chi connectivity index (χ1) is 9.26. The van der Waals surface area contributed by atoms with Crippen molar-refractivity contribution in [2.45, 2.75) is 11.6 Å². The lowest BCUT2D eigenvalue weighted by Gasteiger charge is -2.04. The minimum atomic E-state index is 0.509. The molecule has 0 aliphatic carbocycles. The van der Waals surface area contributed by atoms with Crippen LogP contribution in [0, 0.1) is 11.3 Å². The molecular formula is C13H14N4OS. The Morgan fingerprint density at radius 1 is 1.32 bits per heavy atom. The van der Waals surface area contributed by atoms with Gasteiger partial charge in [-0.25, -0.2) is 0 Å². The van der Waals surface area contributed by atoms with E-state index < -0.39 is 0 Å². The molecule has 98 valence electrons. The van der Waals surface area contributed by atoms with Gasteiger partial charge in [0, 0.05) is 24.8 Å². The van der Waals surface area contributed by atoms with Crippen molar-refractivity contribution in [1.82, 2.24) is 14.8 Å².